The molecule has 5 fully saturated rings. The van der Waals surface area contributed by atoms with Crippen LogP contribution >= 0.6 is 0 Å². The van der Waals surface area contributed by atoms with E-state index in [1.165, 1.54) is 24.8 Å². The molecule has 1 aromatic rings. The molecule has 26 heavy (non-hydrogen) atoms. The summed E-state index contributed by atoms with van der Waals surface area (Å²) in [5, 5.41) is 6.79. The van der Waals surface area contributed by atoms with Crippen LogP contribution in [0.25, 0.3) is 0 Å². The van der Waals surface area contributed by atoms with Crippen molar-refractivity contribution in [2.75, 3.05) is 13.1 Å². The summed E-state index contributed by atoms with van der Waals surface area (Å²) < 4.78 is 13.5. The number of rotatable bonds is 3. The van der Waals surface area contributed by atoms with Gasteiger partial charge in [-0.05, 0) is 99.4 Å². The van der Waals surface area contributed by atoms with Crippen LogP contribution in [-0.4, -0.2) is 25.0 Å². The van der Waals surface area contributed by atoms with Gasteiger partial charge in [-0.3, -0.25) is 4.79 Å². The summed E-state index contributed by atoms with van der Waals surface area (Å²) in [4.78, 5) is 13.4. The largest absolute Gasteiger partial charge is 0.353 e. The van der Waals surface area contributed by atoms with Crippen molar-refractivity contribution in [3.05, 3.63) is 35.6 Å². The fourth-order valence-electron chi connectivity index (χ4n) is 6.97. The van der Waals surface area contributed by atoms with Gasteiger partial charge in [0.25, 0.3) is 0 Å². The molecule has 2 unspecified atom stereocenters. The van der Waals surface area contributed by atoms with E-state index in [0.29, 0.717) is 23.8 Å². The summed E-state index contributed by atoms with van der Waals surface area (Å²) in [5.74, 6) is 1.45. The molecule has 4 bridgehead atoms. The normalized spacial score (nSPS) is 39.1. The quantitative estimate of drug-likeness (QED) is 0.870. The molecule has 0 radical (unpaired) electrons. The average molecular weight is 356 g/mol. The van der Waals surface area contributed by atoms with Gasteiger partial charge < -0.3 is 10.6 Å². The van der Waals surface area contributed by atoms with Gasteiger partial charge in [-0.25, -0.2) is 4.39 Å². The molecule has 4 saturated carbocycles. The third-order valence-electron chi connectivity index (χ3n) is 7.67. The minimum atomic E-state index is -0.191. The van der Waals surface area contributed by atoms with Crippen LogP contribution in [-0.2, 0) is 10.2 Å². The zero-order valence-corrected chi connectivity index (χ0v) is 15.4. The minimum Gasteiger partial charge on any atom is -0.353 e. The maximum absolute atomic E-state index is 13.5. The summed E-state index contributed by atoms with van der Waals surface area (Å²) in [6.45, 7) is 2.01. The first kappa shape index (κ1) is 16.7. The maximum atomic E-state index is 13.5. The van der Waals surface area contributed by atoms with Gasteiger partial charge in [0.15, 0.2) is 0 Å². The number of piperidine rings is 1. The Morgan fingerprint density at radius 3 is 2.35 bits per heavy atom. The molecule has 5 aliphatic rings. The Labute approximate surface area is 155 Å². The van der Waals surface area contributed by atoms with Gasteiger partial charge in [-0.1, -0.05) is 12.1 Å². The Hall–Kier alpha value is -1.42. The van der Waals surface area contributed by atoms with Gasteiger partial charge in [0.1, 0.15) is 5.82 Å². The fraction of sp³-hybridized carbons (Fsp3) is 0.682. The van der Waals surface area contributed by atoms with Crippen LogP contribution < -0.4 is 10.6 Å². The number of carbonyl (C=O) groups is 1. The number of nitrogens with one attached hydrogen (secondary N) is 2. The topological polar surface area (TPSA) is 41.1 Å². The highest BCUT2D eigenvalue weighted by atomic mass is 19.1. The van der Waals surface area contributed by atoms with E-state index >= 15 is 0 Å². The number of hydrogen-bond acceptors (Lipinski definition) is 2. The predicted octanol–water partition coefficient (Wildman–Crippen LogP) is 3.53. The first-order chi connectivity index (χ1) is 12.6. The van der Waals surface area contributed by atoms with Gasteiger partial charge in [-0.15, -0.1) is 0 Å². The number of halogens is 1. The first-order valence-electron chi connectivity index (χ1n) is 10.3. The first-order valence-corrected chi connectivity index (χ1v) is 10.3. The van der Waals surface area contributed by atoms with Crippen molar-refractivity contribution >= 4 is 5.91 Å². The number of benzene rings is 1. The average Bonchev–Trinajstić information content (AvgIpc) is 2.62. The molecule has 0 aromatic heterocycles. The number of amides is 1. The third kappa shape index (κ3) is 2.69. The molecule has 3 nitrogen and oxygen atoms in total. The monoisotopic (exact) mass is 356 g/mol. The molecular weight excluding hydrogens is 327 g/mol. The van der Waals surface area contributed by atoms with Crippen molar-refractivity contribution in [1.29, 1.82) is 0 Å². The molecule has 2 atom stereocenters. The van der Waals surface area contributed by atoms with Crippen LogP contribution in [0.3, 0.4) is 0 Å². The van der Waals surface area contributed by atoms with E-state index in [-0.39, 0.29) is 16.6 Å². The zero-order chi connectivity index (χ0) is 17.8. The lowest BCUT2D eigenvalue weighted by Gasteiger charge is -2.61. The van der Waals surface area contributed by atoms with E-state index in [2.05, 4.69) is 10.6 Å². The highest BCUT2D eigenvalue weighted by molar-refractivity contribution is 5.83. The van der Waals surface area contributed by atoms with Crippen molar-refractivity contribution in [3.63, 3.8) is 0 Å². The fourth-order valence-corrected chi connectivity index (χ4v) is 6.97. The number of hydrogen-bond donors (Lipinski definition) is 2. The Kier molecular flexibility index (Phi) is 3.89. The number of carbonyl (C=O) groups excluding carboxylic acids is 1. The van der Waals surface area contributed by atoms with Gasteiger partial charge in [0.05, 0.1) is 5.41 Å². The molecule has 2 N–H and O–H groups in total. The lowest BCUT2D eigenvalue weighted by atomic mass is 9.42. The van der Waals surface area contributed by atoms with Crippen LogP contribution in [0.5, 0.6) is 0 Å². The van der Waals surface area contributed by atoms with Crippen LogP contribution in [0, 0.1) is 23.1 Å². The second-order valence-electron chi connectivity index (χ2n) is 9.53. The predicted molar refractivity (Wildman–Crippen MR) is 99.2 cm³/mol. The lowest BCUT2D eigenvalue weighted by Crippen LogP contribution is -2.60. The second-order valence-corrected chi connectivity index (χ2v) is 9.53. The summed E-state index contributed by atoms with van der Waals surface area (Å²) in [6.07, 6.45) is 8.79. The van der Waals surface area contributed by atoms with Crippen LogP contribution in [0.4, 0.5) is 4.39 Å². The molecule has 1 amide bonds. The van der Waals surface area contributed by atoms with Crippen molar-refractivity contribution in [2.24, 2.45) is 17.3 Å². The van der Waals surface area contributed by atoms with E-state index in [9.17, 15) is 9.18 Å². The molecule has 1 heterocycles. The molecule has 1 aliphatic heterocycles. The van der Waals surface area contributed by atoms with Gasteiger partial charge in [0, 0.05) is 6.04 Å². The molecule has 4 heteroatoms. The summed E-state index contributed by atoms with van der Waals surface area (Å²) in [6, 6.07) is 7.46. The maximum Gasteiger partial charge on any atom is 0.226 e. The molecule has 6 rings (SSSR count). The molecular formula is C22H29FN2O. The highest BCUT2D eigenvalue weighted by Crippen LogP contribution is 2.65. The van der Waals surface area contributed by atoms with Crippen LogP contribution in [0.2, 0.25) is 0 Å². The summed E-state index contributed by atoms with van der Waals surface area (Å²) >= 11 is 0. The van der Waals surface area contributed by atoms with E-state index in [1.807, 2.05) is 12.1 Å². The Bertz CT molecular complexity index is 681. The Morgan fingerprint density at radius 2 is 1.69 bits per heavy atom. The van der Waals surface area contributed by atoms with Crippen LogP contribution in [0.1, 0.15) is 56.9 Å². The van der Waals surface area contributed by atoms with Crippen molar-refractivity contribution in [2.45, 2.75) is 62.8 Å². The van der Waals surface area contributed by atoms with E-state index in [0.717, 1.165) is 45.2 Å². The van der Waals surface area contributed by atoms with Crippen LogP contribution in [0.15, 0.2) is 24.3 Å². The highest BCUT2D eigenvalue weighted by Gasteiger charge is 2.61. The molecule has 1 saturated heterocycles. The van der Waals surface area contributed by atoms with Gasteiger partial charge >= 0.3 is 0 Å². The van der Waals surface area contributed by atoms with E-state index in [1.54, 1.807) is 12.1 Å². The molecule has 4 aliphatic carbocycles. The molecule has 140 valence electrons. The van der Waals surface area contributed by atoms with E-state index in [4.69, 9.17) is 0 Å². The van der Waals surface area contributed by atoms with Crippen molar-refractivity contribution in [3.8, 4) is 0 Å². The molecule has 0 spiro atoms. The third-order valence-corrected chi connectivity index (χ3v) is 7.67. The smallest absolute Gasteiger partial charge is 0.226 e. The molecule has 1 aromatic carbocycles. The van der Waals surface area contributed by atoms with Crippen molar-refractivity contribution in [1.82, 2.24) is 10.6 Å². The standard InChI is InChI=1S/C22H29FN2O/c23-18-3-1-17(2-4-18)21-10-15-9-16(11-21)13-22(12-15,14-21)20(26)25-19-5-7-24-8-6-19/h1-4,15-16,19,24H,5-14H2,(H,25,26). The minimum absolute atomic E-state index is 0.0866. The van der Waals surface area contributed by atoms with Crippen molar-refractivity contribution < 1.29 is 9.18 Å². The summed E-state index contributed by atoms with van der Waals surface area (Å²) in [7, 11) is 0. The van der Waals surface area contributed by atoms with E-state index < -0.39 is 0 Å². The summed E-state index contributed by atoms with van der Waals surface area (Å²) in [5.41, 5.74) is 1.15. The zero-order valence-electron chi connectivity index (χ0n) is 15.4. The Morgan fingerprint density at radius 1 is 1.04 bits per heavy atom. The van der Waals surface area contributed by atoms with Gasteiger partial charge in [-0.2, -0.15) is 0 Å². The van der Waals surface area contributed by atoms with Gasteiger partial charge in [0.2, 0.25) is 5.91 Å². The lowest BCUT2D eigenvalue weighted by molar-refractivity contribution is -0.150. The SMILES string of the molecule is O=C(NC1CCNCC1)C12CC3CC(C1)CC(c1ccc(F)cc1)(C3)C2. The second kappa shape index (κ2) is 6.05. The Balaban J connectivity index is 1.42.